The summed E-state index contributed by atoms with van der Waals surface area (Å²) in [5.41, 5.74) is 4.56. The van der Waals surface area contributed by atoms with Crippen molar-refractivity contribution in [2.24, 2.45) is 0 Å². The maximum atomic E-state index is 14.7. The van der Waals surface area contributed by atoms with Gasteiger partial charge in [0, 0.05) is 114 Å². The van der Waals surface area contributed by atoms with Gasteiger partial charge in [-0.2, -0.15) is 0 Å². The highest BCUT2D eigenvalue weighted by molar-refractivity contribution is 5.75. The zero-order valence-electron chi connectivity index (χ0n) is 61.8. The molecule has 0 fully saturated rings. The van der Waals surface area contributed by atoms with Crippen LogP contribution in [0.5, 0.6) is 97.7 Å². The van der Waals surface area contributed by atoms with Gasteiger partial charge in [0.25, 0.3) is 0 Å². The molecule has 0 saturated carbocycles. The highest BCUT2D eigenvalue weighted by Crippen LogP contribution is 2.64. The lowest BCUT2D eigenvalue weighted by Gasteiger charge is -2.45. The number of hydrogen-bond acceptors (Lipinski definition) is 25. The zero-order chi connectivity index (χ0) is 75.5. The van der Waals surface area contributed by atoms with Crippen molar-refractivity contribution < 1.29 is 119 Å². The van der Waals surface area contributed by atoms with E-state index in [0.29, 0.717) is 119 Å². The Bertz CT molecular complexity index is 4640. The van der Waals surface area contributed by atoms with Gasteiger partial charge in [0.15, 0.2) is 88.7 Å². The van der Waals surface area contributed by atoms with Gasteiger partial charge in [-0.25, -0.2) is 0 Å². The SMILES string of the molecule is COc1ccc2c(c1)O[C@H](c1ccc(OC)c(OC)c1)[C@@H](OC(C)=O)[C@@H]2c1cc2c(cc1OC)O[C@H](c1ccc(OC)c(OC)c1)[C@@H](OC(C)=O)[C@@H]2c1c2c(c(OC)c([C@H]3c4ccc(OC)cc4O[C@H](c4ccc(OC)c(OC)c4)[C@H]3OC(C)=O)c1OC)C[C@H](OC(C)=O)[C@@H](c1ccc(OC)c(OC)c1)O2. The van der Waals surface area contributed by atoms with E-state index in [9.17, 15) is 19.2 Å². The second-order valence-electron chi connectivity index (χ2n) is 25.3. The normalized spacial score (nSPS) is 20.8. The van der Waals surface area contributed by atoms with E-state index in [1.165, 1.54) is 120 Å². The van der Waals surface area contributed by atoms with Gasteiger partial charge in [0.2, 0.25) is 0 Å². The number of carbonyl (C=O) groups is 4. The van der Waals surface area contributed by atoms with Gasteiger partial charge in [-0.3, -0.25) is 19.2 Å². The molecule has 8 aromatic carbocycles. The Kier molecular flexibility index (Phi) is 21.8. The number of benzene rings is 8. The third kappa shape index (κ3) is 13.8. The fourth-order valence-electron chi connectivity index (χ4n) is 15.1. The molecule has 25 heteroatoms. The summed E-state index contributed by atoms with van der Waals surface area (Å²) in [4.78, 5) is 56.7. The number of ether oxygens (including phenoxy) is 21. The van der Waals surface area contributed by atoms with Gasteiger partial charge in [0.05, 0.1) is 110 Å². The number of carbonyl (C=O) groups excluding carboxylic acids is 4. The summed E-state index contributed by atoms with van der Waals surface area (Å²) in [6.45, 7) is 5.19. The third-order valence-corrected chi connectivity index (χ3v) is 19.5. The number of hydrogen-bond donors (Lipinski definition) is 0. The summed E-state index contributed by atoms with van der Waals surface area (Å²) in [6.07, 6.45) is -9.88. The van der Waals surface area contributed by atoms with Gasteiger partial charge in [-0.05, 0) is 66.7 Å². The first kappa shape index (κ1) is 74.0. The molecule has 0 spiro atoms. The monoisotopic (exact) mass is 1460 g/mol. The molecule has 11 atom stereocenters. The Labute approximate surface area is 613 Å². The molecule has 0 aliphatic carbocycles. The molecule has 0 unspecified atom stereocenters. The van der Waals surface area contributed by atoms with Gasteiger partial charge < -0.3 is 99.5 Å². The van der Waals surface area contributed by atoms with E-state index < -0.39 is 90.5 Å². The van der Waals surface area contributed by atoms with Crippen LogP contribution in [0.25, 0.3) is 0 Å². The van der Waals surface area contributed by atoms with Crippen LogP contribution in [0, 0.1) is 0 Å². The molecule has 4 heterocycles. The summed E-state index contributed by atoms with van der Waals surface area (Å²) in [7, 11) is 19.6. The number of rotatable bonds is 24. The van der Waals surface area contributed by atoms with E-state index >= 15 is 0 Å². The van der Waals surface area contributed by atoms with Gasteiger partial charge in [0.1, 0.15) is 57.8 Å². The van der Waals surface area contributed by atoms with Gasteiger partial charge >= 0.3 is 23.9 Å². The van der Waals surface area contributed by atoms with E-state index in [0.717, 1.165) is 0 Å². The zero-order valence-corrected chi connectivity index (χ0v) is 61.8. The number of esters is 4. The summed E-state index contributed by atoms with van der Waals surface area (Å²) >= 11 is 0. The average Bonchev–Trinajstić information content (AvgIpc) is 0.705. The Morgan fingerprint density at radius 3 is 1.03 bits per heavy atom. The minimum absolute atomic E-state index is 0.0673. The Morgan fingerprint density at radius 2 is 0.660 bits per heavy atom. The summed E-state index contributed by atoms with van der Waals surface area (Å²) in [6, 6.07) is 35.1. The van der Waals surface area contributed by atoms with Crippen molar-refractivity contribution in [3.05, 3.63) is 183 Å². The summed E-state index contributed by atoms with van der Waals surface area (Å²) in [5, 5.41) is 0. The minimum Gasteiger partial charge on any atom is -0.497 e. The van der Waals surface area contributed by atoms with Crippen molar-refractivity contribution in [3.63, 3.8) is 0 Å². The van der Waals surface area contributed by atoms with Crippen LogP contribution in [-0.4, -0.2) is 141 Å². The lowest BCUT2D eigenvalue weighted by molar-refractivity contribution is -0.154. The molecule has 8 aromatic rings. The van der Waals surface area contributed by atoms with Crippen LogP contribution in [-0.2, 0) is 44.5 Å². The van der Waals surface area contributed by atoms with Crippen LogP contribution in [0.1, 0.15) is 131 Å². The molecule has 0 amide bonds. The molecule has 0 radical (unpaired) electrons. The highest BCUT2D eigenvalue weighted by Gasteiger charge is 2.54. The topological polar surface area (TPSA) is 262 Å². The molecule has 0 N–H and O–H groups in total. The molecule has 4 aliphatic rings. The predicted octanol–water partition coefficient (Wildman–Crippen LogP) is 13.0. The Balaban J connectivity index is 1.25. The van der Waals surface area contributed by atoms with E-state index in [4.69, 9.17) is 99.5 Å². The molecule has 106 heavy (non-hydrogen) atoms. The smallest absolute Gasteiger partial charge is 0.303 e. The number of fused-ring (bicyclic) bond motifs is 4. The largest absolute Gasteiger partial charge is 0.497 e. The lowest BCUT2D eigenvalue weighted by Crippen LogP contribution is -2.42. The van der Waals surface area contributed by atoms with Crippen molar-refractivity contribution >= 4 is 23.9 Å². The van der Waals surface area contributed by atoms with Crippen molar-refractivity contribution in [1.29, 1.82) is 0 Å². The molecule has 0 aromatic heterocycles. The van der Waals surface area contributed by atoms with Crippen LogP contribution in [0.15, 0.2) is 121 Å². The molecule has 4 aliphatic heterocycles. The molecule has 0 bridgehead atoms. The first-order valence-corrected chi connectivity index (χ1v) is 33.9. The average molecular weight is 1460 g/mol. The highest BCUT2D eigenvalue weighted by atomic mass is 16.6. The van der Waals surface area contributed by atoms with Gasteiger partial charge in [-0.1, -0.05) is 36.4 Å². The van der Waals surface area contributed by atoms with Crippen molar-refractivity contribution in [3.8, 4) is 97.7 Å². The maximum Gasteiger partial charge on any atom is 0.303 e. The maximum absolute atomic E-state index is 14.7. The van der Waals surface area contributed by atoms with Crippen LogP contribution in [0.3, 0.4) is 0 Å². The summed E-state index contributed by atoms with van der Waals surface area (Å²) < 4.78 is 135. The summed E-state index contributed by atoms with van der Waals surface area (Å²) in [5.74, 6) is -0.867. The number of methoxy groups -OCH3 is 13. The fourth-order valence-corrected chi connectivity index (χ4v) is 15.1. The van der Waals surface area contributed by atoms with Crippen LogP contribution < -0.4 is 80.5 Å². The predicted molar refractivity (Wildman–Crippen MR) is 382 cm³/mol. The standard InChI is InChI=1S/C81H84O25/c1-39(82)99-66-37-53-76(97-16)70(68-50-25-23-48(87-6)35-60(50)104-74(80(68)101-41(3)84)45-20-28-56(90-9)64(32-45)95-14)78(98-17)71(77(53)106-72(66)43-18-26-54(88-7)62(30-43)93-12)69-52-36-51(58(92-11)38-61(52)105-75(81(69)102-42(4)85)46-21-29-57(91-10)65(33-46)96-15)67-49-24-22-47(86-5)34-59(49)103-73(79(67)100-40(2)83)44-19-27-55(89-8)63(31-44)94-13/h18-36,38,66-69,72-75,79-81H,37H2,1-17H3/t66-,67-,68+,69-,72+,73+,74+,75+,79-,80-,81-/m0/s1. The van der Waals surface area contributed by atoms with Crippen LogP contribution in [0.4, 0.5) is 0 Å². The van der Waals surface area contributed by atoms with E-state index in [1.54, 1.807) is 109 Å². The first-order chi connectivity index (χ1) is 51.2. The van der Waals surface area contributed by atoms with Crippen LogP contribution in [0.2, 0.25) is 0 Å². The molecular weight excluding hydrogens is 1370 g/mol. The van der Waals surface area contributed by atoms with Crippen molar-refractivity contribution in [2.45, 2.75) is 101 Å². The second-order valence-corrected chi connectivity index (χ2v) is 25.3. The molecule has 0 saturated heterocycles. The van der Waals surface area contributed by atoms with E-state index in [2.05, 4.69) is 0 Å². The minimum atomic E-state index is -1.46. The first-order valence-electron chi connectivity index (χ1n) is 33.9. The van der Waals surface area contributed by atoms with Crippen molar-refractivity contribution in [1.82, 2.24) is 0 Å². The molecule has 558 valence electrons. The Hall–Kier alpha value is -11.8. The molecular formula is C81H84O25. The van der Waals surface area contributed by atoms with Crippen molar-refractivity contribution in [2.75, 3.05) is 92.4 Å². The third-order valence-electron chi connectivity index (χ3n) is 19.5. The fraction of sp³-hybridized carbons (Fsp3) is 0.358. The lowest BCUT2D eigenvalue weighted by atomic mass is 9.72. The molecule has 25 nitrogen and oxygen atoms in total. The van der Waals surface area contributed by atoms with E-state index in [-0.39, 0.29) is 46.3 Å². The quantitative estimate of drug-likeness (QED) is 0.0402. The van der Waals surface area contributed by atoms with E-state index in [1.807, 2.05) is 12.1 Å². The second kappa shape index (κ2) is 31.3. The van der Waals surface area contributed by atoms with Gasteiger partial charge in [-0.15, -0.1) is 0 Å². The molecule has 12 rings (SSSR count). The Morgan fingerprint density at radius 1 is 0.302 bits per heavy atom. The van der Waals surface area contributed by atoms with Crippen LogP contribution >= 0.6 is 0 Å².